The van der Waals surface area contributed by atoms with Crippen LogP contribution in [0, 0.1) is 0 Å². The first-order valence-corrected chi connectivity index (χ1v) is 7.34. The molecule has 1 aromatic heterocycles. The molecule has 0 amide bonds. The molecular weight excluding hydrogens is 260 g/mol. The van der Waals surface area contributed by atoms with Crippen LogP contribution < -0.4 is 14.8 Å². The molecule has 4 rings (SSSR count). The standard InChI is InChI=1S/C14H14N2O2S/c1-2-12-13(18-8-17-12)5-9(1)11-7-19-14(16-11)10-3-4-15-6-10/h1-2,5,7,10,15H,3-4,6,8H2. The van der Waals surface area contributed by atoms with E-state index in [9.17, 15) is 0 Å². The van der Waals surface area contributed by atoms with E-state index >= 15 is 0 Å². The Hall–Kier alpha value is -1.59. The molecule has 3 heterocycles. The average molecular weight is 274 g/mol. The van der Waals surface area contributed by atoms with Gasteiger partial charge in [0, 0.05) is 23.4 Å². The summed E-state index contributed by atoms with van der Waals surface area (Å²) in [6.45, 7) is 2.46. The minimum atomic E-state index is 0.314. The molecule has 2 aliphatic heterocycles. The summed E-state index contributed by atoms with van der Waals surface area (Å²) in [6.07, 6.45) is 1.19. The highest BCUT2D eigenvalue weighted by molar-refractivity contribution is 7.10. The minimum absolute atomic E-state index is 0.314. The van der Waals surface area contributed by atoms with Gasteiger partial charge in [0.05, 0.1) is 10.7 Å². The van der Waals surface area contributed by atoms with Gasteiger partial charge in [-0.05, 0) is 31.2 Å². The molecule has 1 atom stereocenters. The van der Waals surface area contributed by atoms with E-state index in [1.807, 2.05) is 18.2 Å². The van der Waals surface area contributed by atoms with Crippen molar-refractivity contribution in [1.29, 1.82) is 0 Å². The molecule has 1 fully saturated rings. The minimum Gasteiger partial charge on any atom is -0.454 e. The van der Waals surface area contributed by atoms with Crippen molar-refractivity contribution >= 4 is 11.3 Å². The Morgan fingerprint density at radius 2 is 2.21 bits per heavy atom. The molecule has 98 valence electrons. The van der Waals surface area contributed by atoms with Crippen molar-refractivity contribution in [2.75, 3.05) is 19.9 Å². The normalized spacial score (nSPS) is 20.9. The zero-order valence-electron chi connectivity index (χ0n) is 10.4. The average Bonchev–Trinajstić information content (AvgIpc) is 3.18. The van der Waals surface area contributed by atoms with Crippen molar-refractivity contribution < 1.29 is 9.47 Å². The van der Waals surface area contributed by atoms with Gasteiger partial charge in [-0.1, -0.05) is 0 Å². The molecule has 2 aliphatic rings. The van der Waals surface area contributed by atoms with Gasteiger partial charge in [0.15, 0.2) is 11.5 Å². The number of ether oxygens (including phenoxy) is 2. The third-order valence-corrected chi connectivity index (χ3v) is 4.61. The Labute approximate surface area is 115 Å². The molecule has 0 aliphatic carbocycles. The Bertz CT molecular complexity index is 605. The summed E-state index contributed by atoms with van der Waals surface area (Å²) in [4.78, 5) is 4.77. The van der Waals surface area contributed by atoms with Crippen LogP contribution in [0.2, 0.25) is 0 Å². The van der Waals surface area contributed by atoms with E-state index in [-0.39, 0.29) is 0 Å². The summed E-state index contributed by atoms with van der Waals surface area (Å²) in [5.41, 5.74) is 2.13. The highest BCUT2D eigenvalue weighted by Crippen LogP contribution is 2.37. The van der Waals surface area contributed by atoms with E-state index in [4.69, 9.17) is 14.5 Å². The summed E-state index contributed by atoms with van der Waals surface area (Å²) < 4.78 is 10.7. The second-order valence-corrected chi connectivity index (χ2v) is 5.72. The van der Waals surface area contributed by atoms with Crippen molar-refractivity contribution in [1.82, 2.24) is 10.3 Å². The maximum absolute atomic E-state index is 5.41. The molecule has 19 heavy (non-hydrogen) atoms. The van der Waals surface area contributed by atoms with E-state index in [0.717, 1.165) is 35.8 Å². The number of nitrogens with zero attached hydrogens (tertiary/aromatic N) is 1. The quantitative estimate of drug-likeness (QED) is 0.914. The van der Waals surface area contributed by atoms with Crippen LogP contribution in [0.5, 0.6) is 11.5 Å². The topological polar surface area (TPSA) is 43.4 Å². The van der Waals surface area contributed by atoms with Gasteiger partial charge in [0.25, 0.3) is 0 Å². The number of hydrogen-bond donors (Lipinski definition) is 1. The van der Waals surface area contributed by atoms with Gasteiger partial charge < -0.3 is 14.8 Å². The first kappa shape index (κ1) is 11.3. The third kappa shape index (κ3) is 1.99. The molecule has 0 radical (unpaired) electrons. The summed E-state index contributed by atoms with van der Waals surface area (Å²) in [5, 5.41) is 6.75. The summed E-state index contributed by atoms with van der Waals surface area (Å²) in [5.74, 6) is 2.21. The largest absolute Gasteiger partial charge is 0.454 e. The lowest BCUT2D eigenvalue weighted by atomic mass is 10.1. The van der Waals surface area contributed by atoms with Gasteiger partial charge in [-0.3, -0.25) is 0 Å². The Morgan fingerprint density at radius 3 is 3.11 bits per heavy atom. The highest BCUT2D eigenvalue weighted by Gasteiger charge is 2.21. The number of aromatic nitrogens is 1. The Morgan fingerprint density at radius 1 is 1.26 bits per heavy atom. The van der Waals surface area contributed by atoms with Crippen LogP contribution in [0.25, 0.3) is 11.3 Å². The number of benzene rings is 1. The predicted molar refractivity (Wildman–Crippen MR) is 73.9 cm³/mol. The van der Waals surface area contributed by atoms with Crippen molar-refractivity contribution in [3.8, 4) is 22.8 Å². The molecular formula is C14H14N2O2S. The number of fused-ring (bicyclic) bond motifs is 1. The van der Waals surface area contributed by atoms with Gasteiger partial charge in [-0.25, -0.2) is 4.98 Å². The van der Waals surface area contributed by atoms with E-state index < -0.39 is 0 Å². The molecule has 1 saturated heterocycles. The fourth-order valence-corrected chi connectivity index (χ4v) is 3.49. The lowest BCUT2D eigenvalue weighted by Crippen LogP contribution is -2.07. The summed E-state index contributed by atoms with van der Waals surface area (Å²) >= 11 is 1.75. The lowest BCUT2D eigenvalue weighted by Gasteiger charge is -2.02. The van der Waals surface area contributed by atoms with Crippen LogP contribution in [0.4, 0.5) is 0 Å². The molecule has 1 aromatic carbocycles. The van der Waals surface area contributed by atoms with Gasteiger partial charge in [-0.2, -0.15) is 0 Å². The van der Waals surface area contributed by atoms with Crippen LogP contribution in [0.3, 0.4) is 0 Å². The van der Waals surface area contributed by atoms with Crippen molar-refractivity contribution in [3.63, 3.8) is 0 Å². The van der Waals surface area contributed by atoms with Gasteiger partial charge in [-0.15, -0.1) is 11.3 Å². The van der Waals surface area contributed by atoms with Crippen LogP contribution in [-0.4, -0.2) is 24.9 Å². The van der Waals surface area contributed by atoms with Gasteiger partial charge in [0.1, 0.15) is 0 Å². The number of hydrogen-bond acceptors (Lipinski definition) is 5. The molecule has 0 saturated carbocycles. The second-order valence-electron chi connectivity index (χ2n) is 4.83. The van der Waals surface area contributed by atoms with E-state index in [1.165, 1.54) is 11.4 Å². The monoisotopic (exact) mass is 274 g/mol. The maximum atomic E-state index is 5.41. The van der Waals surface area contributed by atoms with Crippen molar-refractivity contribution in [3.05, 3.63) is 28.6 Å². The van der Waals surface area contributed by atoms with Crippen molar-refractivity contribution in [2.24, 2.45) is 0 Å². The highest BCUT2D eigenvalue weighted by atomic mass is 32.1. The second kappa shape index (κ2) is 4.51. The number of nitrogens with one attached hydrogen (secondary N) is 1. The van der Waals surface area contributed by atoms with Crippen LogP contribution >= 0.6 is 11.3 Å². The number of thiazole rings is 1. The van der Waals surface area contributed by atoms with Crippen LogP contribution in [0.1, 0.15) is 17.3 Å². The van der Waals surface area contributed by atoms with E-state index in [0.29, 0.717) is 12.7 Å². The fraction of sp³-hybridized carbons (Fsp3) is 0.357. The Balaban J connectivity index is 1.65. The zero-order chi connectivity index (χ0) is 12.7. The molecule has 0 spiro atoms. The molecule has 5 heteroatoms. The molecule has 1 unspecified atom stereocenters. The van der Waals surface area contributed by atoms with Crippen LogP contribution in [-0.2, 0) is 0 Å². The van der Waals surface area contributed by atoms with Gasteiger partial charge in [0.2, 0.25) is 6.79 Å². The molecule has 0 bridgehead atoms. The summed E-state index contributed by atoms with van der Waals surface area (Å²) in [7, 11) is 0. The van der Waals surface area contributed by atoms with Crippen molar-refractivity contribution in [2.45, 2.75) is 12.3 Å². The molecule has 4 nitrogen and oxygen atoms in total. The lowest BCUT2D eigenvalue weighted by molar-refractivity contribution is 0.174. The number of rotatable bonds is 2. The third-order valence-electron chi connectivity index (χ3n) is 3.60. The molecule has 2 aromatic rings. The van der Waals surface area contributed by atoms with Gasteiger partial charge >= 0.3 is 0 Å². The first-order chi connectivity index (χ1) is 9.40. The van der Waals surface area contributed by atoms with E-state index in [1.54, 1.807) is 11.3 Å². The summed E-state index contributed by atoms with van der Waals surface area (Å²) in [6, 6.07) is 6.00. The SMILES string of the molecule is c1cc2c(cc1-c1csc(C3CCNC3)n1)OCO2. The first-order valence-electron chi connectivity index (χ1n) is 6.46. The smallest absolute Gasteiger partial charge is 0.231 e. The predicted octanol–water partition coefficient (Wildman–Crippen LogP) is 2.62. The Kier molecular flexibility index (Phi) is 2.67. The zero-order valence-corrected chi connectivity index (χ0v) is 11.2. The maximum Gasteiger partial charge on any atom is 0.231 e. The fourth-order valence-electron chi connectivity index (χ4n) is 2.53. The van der Waals surface area contributed by atoms with E-state index in [2.05, 4.69) is 10.7 Å². The van der Waals surface area contributed by atoms with Crippen LogP contribution in [0.15, 0.2) is 23.6 Å². The molecule has 1 N–H and O–H groups in total.